The van der Waals surface area contributed by atoms with E-state index < -0.39 is 0 Å². The van der Waals surface area contributed by atoms with Crippen LogP contribution in [0, 0.1) is 5.92 Å². The fraction of sp³-hybridized carbons (Fsp3) is 1.00. The molecule has 0 atom stereocenters. The van der Waals surface area contributed by atoms with Crippen LogP contribution in [0.5, 0.6) is 0 Å². The van der Waals surface area contributed by atoms with Crippen LogP contribution in [0.3, 0.4) is 0 Å². The topological polar surface area (TPSA) is 15.3 Å². The average Bonchev–Trinajstić information content (AvgIpc) is 1.99. The van der Waals surface area contributed by atoms with Gasteiger partial charge in [-0.25, -0.2) is 0 Å². The summed E-state index contributed by atoms with van der Waals surface area (Å²) in [4.78, 5) is 2.60. The zero-order chi connectivity index (χ0) is 9.68. The molecule has 78 valence electrons. The second-order valence-electron chi connectivity index (χ2n) is 4.44. The van der Waals surface area contributed by atoms with Gasteiger partial charge in [0.1, 0.15) is 0 Å². The Balaban J connectivity index is 2.12. The molecule has 2 heteroatoms. The van der Waals surface area contributed by atoms with Gasteiger partial charge in [0.2, 0.25) is 0 Å². The summed E-state index contributed by atoms with van der Waals surface area (Å²) in [5.74, 6) is 0.957. The van der Waals surface area contributed by atoms with E-state index in [9.17, 15) is 0 Å². The van der Waals surface area contributed by atoms with E-state index in [1.54, 1.807) is 0 Å². The highest BCUT2D eigenvalue weighted by Crippen LogP contribution is 2.11. The summed E-state index contributed by atoms with van der Waals surface area (Å²) in [5.41, 5.74) is 0. The number of nitrogens with zero attached hydrogens (tertiary/aromatic N) is 1. The maximum absolute atomic E-state index is 3.33. The van der Waals surface area contributed by atoms with Gasteiger partial charge in [-0.2, -0.15) is 0 Å². The van der Waals surface area contributed by atoms with Crippen molar-refractivity contribution in [2.24, 2.45) is 5.92 Å². The van der Waals surface area contributed by atoms with Gasteiger partial charge in [-0.1, -0.05) is 6.92 Å². The standard InChI is InChI=1S/C11H24N2/c1-4-6-13(10(2)3)7-5-11-8-12-9-11/h10-12H,4-9H2,1-3H3. The average molecular weight is 184 g/mol. The molecule has 0 aromatic carbocycles. The Kier molecular flexibility index (Phi) is 4.74. The van der Waals surface area contributed by atoms with Crippen LogP contribution in [0.15, 0.2) is 0 Å². The van der Waals surface area contributed by atoms with Crippen LogP contribution < -0.4 is 5.32 Å². The molecule has 0 spiro atoms. The minimum Gasteiger partial charge on any atom is -0.316 e. The second kappa shape index (κ2) is 5.61. The number of hydrogen-bond acceptors (Lipinski definition) is 2. The fourth-order valence-corrected chi connectivity index (χ4v) is 1.82. The predicted molar refractivity (Wildman–Crippen MR) is 58.0 cm³/mol. The van der Waals surface area contributed by atoms with Crippen molar-refractivity contribution in [2.75, 3.05) is 26.2 Å². The summed E-state index contributed by atoms with van der Waals surface area (Å²) in [6.07, 6.45) is 2.66. The molecule has 0 unspecified atom stereocenters. The van der Waals surface area contributed by atoms with Crippen LogP contribution >= 0.6 is 0 Å². The van der Waals surface area contributed by atoms with Crippen molar-refractivity contribution >= 4 is 0 Å². The molecular weight excluding hydrogens is 160 g/mol. The van der Waals surface area contributed by atoms with E-state index in [-0.39, 0.29) is 0 Å². The lowest BCUT2D eigenvalue weighted by molar-refractivity contribution is 0.190. The van der Waals surface area contributed by atoms with E-state index in [2.05, 4.69) is 31.0 Å². The van der Waals surface area contributed by atoms with Crippen molar-refractivity contribution in [2.45, 2.75) is 39.7 Å². The van der Waals surface area contributed by atoms with Crippen LogP contribution in [-0.4, -0.2) is 37.1 Å². The Labute approximate surface area is 82.7 Å². The van der Waals surface area contributed by atoms with Gasteiger partial charge in [0, 0.05) is 6.04 Å². The van der Waals surface area contributed by atoms with E-state index in [4.69, 9.17) is 0 Å². The van der Waals surface area contributed by atoms with Gasteiger partial charge in [-0.05, 0) is 58.8 Å². The highest BCUT2D eigenvalue weighted by molar-refractivity contribution is 4.76. The normalized spacial score (nSPS) is 18.2. The molecule has 0 bridgehead atoms. The Morgan fingerprint density at radius 1 is 1.31 bits per heavy atom. The highest BCUT2D eigenvalue weighted by atomic mass is 15.1. The van der Waals surface area contributed by atoms with Crippen molar-refractivity contribution in [1.29, 1.82) is 0 Å². The molecule has 1 saturated heterocycles. The Morgan fingerprint density at radius 3 is 2.38 bits per heavy atom. The summed E-state index contributed by atoms with van der Waals surface area (Å²) in [5, 5.41) is 3.33. The monoisotopic (exact) mass is 184 g/mol. The summed E-state index contributed by atoms with van der Waals surface area (Å²) in [6.45, 7) is 11.9. The summed E-state index contributed by atoms with van der Waals surface area (Å²) in [7, 11) is 0. The van der Waals surface area contributed by atoms with Crippen molar-refractivity contribution in [3.63, 3.8) is 0 Å². The molecule has 2 nitrogen and oxygen atoms in total. The third kappa shape index (κ3) is 3.65. The van der Waals surface area contributed by atoms with Crippen molar-refractivity contribution in [1.82, 2.24) is 10.2 Å². The molecule has 0 aromatic heterocycles. The number of hydrogen-bond donors (Lipinski definition) is 1. The van der Waals surface area contributed by atoms with Gasteiger partial charge in [0.25, 0.3) is 0 Å². The predicted octanol–water partition coefficient (Wildman–Crippen LogP) is 1.72. The minimum absolute atomic E-state index is 0.716. The molecule has 1 aliphatic rings. The van der Waals surface area contributed by atoms with Crippen LogP contribution in [0.4, 0.5) is 0 Å². The molecule has 0 amide bonds. The largest absolute Gasteiger partial charge is 0.316 e. The molecule has 0 radical (unpaired) electrons. The van der Waals surface area contributed by atoms with Crippen LogP contribution in [0.1, 0.15) is 33.6 Å². The number of nitrogens with one attached hydrogen (secondary N) is 1. The Hall–Kier alpha value is -0.0800. The molecule has 1 rings (SSSR count). The third-order valence-corrected chi connectivity index (χ3v) is 2.93. The Bertz CT molecular complexity index is 130. The molecule has 0 aromatic rings. The molecule has 13 heavy (non-hydrogen) atoms. The first-order valence-corrected chi connectivity index (χ1v) is 5.68. The molecule has 0 aliphatic carbocycles. The minimum atomic E-state index is 0.716. The lowest BCUT2D eigenvalue weighted by Crippen LogP contribution is -2.44. The smallest absolute Gasteiger partial charge is 0.00385 e. The molecule has 1 aliphatic heterocycles. The van der Waals surface area contributed by atoms with Crippen LogP contribution in [0.2, 0.25) is 0 Å². The molecular formula is C11H24N2. The van der Waals surface area contributed by atoms with Gasteiger partial charge in [-0.15, -0.1) is 0 Å². The lowest BCUT2D eigenvalue weighted by atomic mass is 9.99. The van der Waals surface area contributed by atoms with E-state index in [1.807, 2.05) is 0 Å². The second-order valence-corrected chi connectivity index (χ2v) is 4.44. The zero-order valence-electron chi connectivity index (χ0n) is 9.34. The molecule has 1 N–H and O–H groups in total. The molecule has 1 fully saturated rings. The molecule has 1 heterocycles. The van der Waals surface area contributed by atoms with Gasteiger partial charge in [0.05, 0.1) is 0 Å². The quantitative estimate of drug-likeness (QED) is 0.676. The first-order chi connectivity index (χ1) is 6.24. The van der Waals surface area contributed by atoms with Gasteiger partial charge in [-0.3, -0.25) is 0 Å². The third-order valence-electron chi connectivity index (χ3n) is 2.93. The fourth-order valence-electron chi connectivity index (χ4n) is 1.82. The maximum atomic E-state index is 3.33. The lowest BCUT2D eigenvalue weighted by Gasteiger charge is -2.32. The van der Waals surface area contributed by atoms with Gasteiger partial charge in [0.15, 0.2) is 0 Å². The SMILES string of the molecule is CCCN(CCC1CNC1)C(C)C. The summed E-state index contributed by atoms with van der Waals surface area (Å²) >= 11 is 0. The summed E-state index contributed by atoms with van der Waals surface area (Å²) in [6, 6.07) is 0.716. The van der Waals surface area contributed by atoms with Crippen molar-refractivity contribution in [3.05, 3.63) is 0 Å². The van der Waals surface area contributed by atoms with Crippen LogP contribution in [-0.2, 0) is 0 Å². The van der Waals surface area contributed by atoms with E-state index in [1.165, 1.54) is 39.0 Å². The van der Waals surface area contributed by atoms with E-state index in [0.717, 1.165) is 5.92 Å². The van der Waals surface area contributed by atoms with Crippen molar-refractivity contribution in [3.8, 4) is 0 Å². The van der Waals surface area contributed by atoms with E-state index in [0.29, 0.717) is 6.04 Å². The first kappa shape index (κ1) is 11.0. The zero-order valence-corrected chi connectivity index (χ0v) is 9.34. The van der Waals surface area contributed by atoms with Crippen LogP contribution in [0.25, 0.3) is 0 Å². The Morgan fingerprint density at radius 2 is 2.00 bits per heavy atom. The van der Waals surface area contributed by atoms with Gasteiger partial charge < -0.3 is 10.2 Å². The van der Waals surface area contributed by atoms with E-state index >= 15 is 0 Å². The summed E-state index contributed by atoms with van der Waals surface area (Å²) < 4.78 is 0. The van der Waals surface area contributed by atoms with Crippen molar-refractivity contribution < 1.29 is 0 Å². The van der Waals surface area contributed by atoms with Gasteiger partial charge >= 0.3 is 0 Å². The number of rotatable bonds is 6. The first-order valence-electron chi connectivity index (χ1n) is 5.68. The molecule has 0 saturated carbocycles. The highest BCUT2D eigenvalue weighted by Gasteiger charge is 2.18. The maximum Gasteiger partial charge on any atom is 0.00385 e.